The van der Waals surface area contributed by atoms with Gasteiger partial charge in [-0.25, -0.2) is 0 Å². The quantitative estimate of drug-likeness (QED) is 0.638. The highest BCUT2D eigenvalue weighted by Gasteiger charge is 2.25. The van der Waals surface area contributed by atoms with Crippen LogP contribution in [0.5, 0.6) is 0 Å². The first-order chi connectivity index (χ1) is 3.83. The van der Waals surface area contributed by atoms with Crippen LogP contribution in [0.25, 0.3) is 0 Å². The lowest BCUT2D eigenvalue weighted by molar-refractivity contribution is -0.00122. The predicted molar refractivity (Wildman–Crippen MR) is 39.9 cm³/mol. The van der Waals surface area contributed by atoms with Gasteiger partial charge in [0.25, 0.3) is 0 Å². The van der Waals surface area contributed by atoms with Crippen molar-refractivity contribution >= 4 is 12.4 Å². The predicted octanol–water partition coefficient (Wildman–Crippen LogP) is 0.934. The van der Waals surface area contributed by atoms with Crippen molar-refractivity contribution in [2.24, 2.45) is 5.73 Å². The molecule has 0 aliphatic heterocycles. The molecule has 0 aromatic heterocycles. The van der Waals surface area contributed by atoms with Crippen LogP contribution in [0, 0.1) is 0 Å². The lowest BCUT2D eigenvalue weighted by atomic mass is 9.90. The van der Waals surface area contributed by atoms with E-state index in [9.17, 15) is 0 Å². The summed E-state index contributed by atoms with van der Waals surface area (Å²) in [5.41, 5.74) is 5.52. The van der Waals surface area contributed by atoms with E-state index in [0.29, 0.717) is 12.1 Å². The van der Waals surface area contributed by atoms with Gasteiger partial charge in [0.15, 0.2) is 0 Å². The normalized spacial score (nSPS) is 32.7. The molecule has 0 amide bonds. The molecular weight excluding hydrogens is 138 g/mol. The maximum Gasteiger partial charge on any atom is 0.0604 e. The summed E-state index contributed by atoms with van der Waals surface area (Å²) in [6.07, 6.45) is 2.61. The third-order valence-corrected chi connectivity index (χ3v) is 1.53. The summed E-state index contributed by atoms with van der Waals surface area (Å²) >= 11 is 0. The Morgan fingerprint density at radius 3 is 2.44 bits per heavy atom. The summed E-state index contributed by atoms with van der Waals surface area (Å²) in [7, 11) is 0. The first kappa shape index (κ1) is 9.21. The summed E-state index contributed by atoms with van der Waals surface area (Å²) in [6, 6.07) is 0.423. The third-order valence-electron chi connectivity index (χ3n) is 1.53. The van der Waals surface area contributed by atoms with Gasteiger partial charge in [0.05, 0.1) is 6.10 Å². The number of hydrogen-bond donors (Lipinski definition) is 1. The van der Waals surface area contributed by atoms with Crippen LogP contribution in [0.1, 0.15) is 19.8 Å². The second-order valence-electron chi connectivity index (χ2n) is 2.31. The first-order valence-corrected chi connectivity index (χ1v) is 3.20. The molecule has 0 radical (unpaired) electrons. The van der Waals surface area contributed by atoms with E-state index in [-0.39, 0.29) is 12.4 Å². The van der Waals surface area contributed by atoms with E-state index in [1.54, 1.807) is 0 Å². The van der Waals surface area contributed by atoms with E-state index < -0.39 is 0 Å². The summed E-state index contributed by atoms with van der Waals surface area (Å²) in [5.74, 6) is 0. The van der Waals surface area contributed by atoms with Crippen LogP contribution in [-0.4, -0.2) is 18.8 Å². The molecule has 2 N–H and O–H groups in total. The number of halogens is 1. The fraction of sp³-hybridized carbons (Fsp3) is 1.00. The molecule has 2 nitrogen and oxygen atoms in total. The second kappa shape index (κ2) is 4.09. The SMILES string of the molecule is CCOC1CC(N)C1.Cl. The van der Waals surface area contributed by atoms with Gasteiger partial charge in [-0.15, -0.1) is 12.4 Å². The first-order valence-electron chi connectivity index (χ1n) is 3.20. The molecule has 56 valence electrons. The maximum absolute atomic E-state index is 5.52. The van der Waals surface area contributed by atoms with E-state index in [4.69, 9.17) is 10.5 Å². The Hall–Kier alpha value is 0.210. The minimum absolute atomic E-state index is 0. The molecule has 1 fully saturated rings. The van der Waals surface area contributed by atoms with Gasteiger partial charge in [-0.3, -0.25) is 0 Å². The lowest BCUT2D eigenvalue weighted by Crippen LogP contribution is -2.41. The molecular formula is C6H14ClNO. The molecule has 0 unspecified atom stereocenters. The lowest BCUT2D eigenvalue weighted by Gasteiger charge is -2.31. The molecule has 1 aliphatic rings. The summed E-state index contributed by atoms with van der Waals surface area (Å²) in [4.78, 5) is 0. The zero-order valence-electron chi connectivity index (χ0n) is 5.67. The molecule has 0 atom stereocenters. The van der Waals surface area contributed by atoms with Crippen LogP contribution in [0.4, 0.5) is 0 Å². The number of nitrogens with two attached hydrogens (primary N) is 1. The van der Waals surface area contributed by atoms with E-state index in [2.05, 4.69) is 0 Å². The molecule has 1 rings (SSSR count). The van der Waals surface area contributed by atoms with E-state index in [0.717, 1.165) is 19.4 Å². The highest BCUT2D eigenvalue weighted by atomic mass is 35.5. The van der Waals surface area contributed by atoms with Gasteiger partial charge < -0.3 is 10.5 Å². The standard InChI is InChI=1S/C6H13NO.ClH/c1-2-8-6-3-5(7)4-6;/h5-6H,2-4,7H2,1H3;1H. The topological polar surface area (TPSA) is 35.2 Å². The van der Waals surface area contributed by atoms with Gasteiger partial charge in [0.2, 0.25) is 0 Å². The van der Waals surface area contributed by atoms with Crippen LogP contribution < -0.4 is 5.73 Å². The zero-order valence-corrected chi connectivity index (χ0v) is 6.49. The molecule has 1 saturated carbocycles. The van der Waals surface area contributed by atoms with Crippen molar-refractivity contribution in [3.8, 4) is 0 Å². The van der Waals surface area contributed by atoms with Gasteiger partial charge in [-0.2, -0.15) is 0 Å². The largest absolute Gasteiger partial charge is 0.378 e. The summed E-state index contributed by atoms with van der Waals surface area (Å²) in [6.45, 7) is 2.85. The molecule has 0 saturated heterocycles. The summed E-state index contributed by atoms with van der Waals surface area (Å²) in [5, 5.41) is 0. The van der Waals surface area contributed by atoms with Crippen molar-refractivity contribution in [3.63, 3.8) is 0 Å². The van der Waals surface area contributed by atoms with Crippen molar-refractivity contribution in [2.45, 2.75) is 31.9 Å². The van der Waals surface area contributed by atoms with Gasteiger partial charge in [-0.1, -0.05) is 0 Å². The molecule has 0 heterocycles. The Morgan fingerprint density at radius 1 is 1.56 bits per heavy atom. The van der Waals surface area contributed by atoms with Crippen LogP contribution in [0.2, 0.25) is 0 Å². The minimum Gasteiger partial charge on any atom is -0.378 e. The second-order valence-corrected chi connectivity index (χ2v) is 2.31. The van der Waals surface area contributed by atoms with Gasteiger partial charge in [0, 0.05) is 12.6 Å². The Morgan fingerprint density at radius 2 is 2.11 bits per heavy atom. The zero-order chi connectivity index (χ0) is 5.98. The van der Waals surface area contributed by atoms with Crippen molar-refractivity contribution in [2.75, 3.05) is 6.61 Å². The Kier molecular flexibility index (Phi) is 4.19. The Bertz CT molecular complexity index is 70.7. The third kappa shape index (κ3) is 2.52. The number of ether oxygens (including phenoxy) is 1. The smallest absolute Gasteiger partial charge is 0.0604 e. The average Bonchev–Trinajstić information content (AvgIpc) is 1.64. The van der Waals surface area contributed by atoms with E-state index in [1.165, 1.54) is 0 Å². The average molecular weight is 152 g/mol. The highest BCUT2D eigenvalue weighted by Crippen LogP contribution is 2.20. The fourth-order valence-electron chi connectivity index (χ4n) is 0.978. The molecule has 0 aromatic rings. The van der Waals surface area contributed by atoms with Crippen molar-refractivity contribution in [1.29, 1.82) is 0 Å². The monoisotopic (exact) mass is 151 g/mol. The fourth-order valence-corrected chi connectivity index (χ4v) is 0.978. The van der Waals surface area contributed by atoms with Gasteiger partial charge >= 0.3 is 0 Å². The van der Waals surface area contributed by atoms with Gasteiger partial charge in [-0.05, 0) is 19.8 Å². The van der Waals surface area contributed by atoms with Crippen LogP contribution in [-0.2, 0) is 4.74 Å². The van der Waals surface area contributed by atoms with Crippen molar-refractivity contribution in [3.05, 3.63) is 0 Å². The van der Waals surface area contributed by atoms with E-state index >= 15 is 0 Å². The van der Waals surface area contributed by atoms with Crippen molar-refractivity contribution < 1.29 is 4.74 Å². The highest BCUT2D eigenvalue weighted by molar-refractivity contribution is 5.85. The summed E-state index contributed by atoms with van der Waals surface area (Å²) < 4.78 is 5.27. The Balaban J connectivity index is 0.000000640. The van der Waals surface area contributed by atoms with Gasteiger partial charge in [0.1, 0.15) is 0 Å². The van der Waals surface area contributed by atoms with E-state index in [1.807, 2.05) is 6.92 Å². The minimum atomic E-state index is 0. The molecule has 0 aromatic carbocycles. The Labute approximate surface area is 62.2 Å². The molecule has 0 bridgehead atoms. The maximum atomic E-state index is 5.52. The van der Waals surface area contributed by atoms with Crippen LogP contribution in [0.3, 0.4) is 0 Å². The molecule has 1 aliphatic carbocycles. The number of hydrogen-bond acceptors (Lipinski definition) is 2. The molecule has 3 heteroatoms. The van der Waals surface area contributed by atoms with Crippen LogP contribution in [0.15, 0.2) is 0 Å². The molecule has 9 heavy (non-hydrogen) atoms. The van der Waals surface area contributed by atoms with Crippen LogP contribution >= 0.6 is 12.4 Å². The number of rotatable bonds is 2. The van der Waals surface area contributed by atoms with Crippen molar-refractivity contribution in [1.82, 2.24) is 0 Å². The molecule has 0 spiro atoms.